The minimum absolute atomic E-state index is 0.223. The number of hydrogen-bond donors (Lipinski definition) is 1. The fourth-order valence-electron chi connectivity index (χ4n) is 2.45. The number of ether oxygens (including phenoxy) is 1. The molecule has 4 nitrogen and oxygen atoms in total. The van der Waals surface area contributed by atoms with Crippen LogP contribution in [0, 0.1) is 6.92 Å². The van der Waals surface area contributed by atoms with Crippen molar-refractivity contribution in [2.45, 2.75) is 13.5 Å². The summed E-state index contributed by atoms with van der Waals surface area (Å²) < 4.78 is 6.82. The van der Waals surface area contributed by atoms with Crippen molar-refractivity contribution in [3.8, 4) is 5.75 Å². The molecule has 5 heteroatoms. The minimum Gasteiger partial charge on any atom is -0.489 e. The van der Waals surface area contributed by atoms with Crippen LogP contribution in [-0.2, 0) is 6.61 Å². The molecule has 0 aliphatic rings. The maximum absolute atomic E-state index is 12.1. The number of rotatable bonds is 6. The van der Waals surface area contributed by atoms with Gasteiger partial charge in [-0.3, -0.25) is 4.79 Å². The molecule has 0 aliphatic carbocycles. The van der Waals surface area contributed by atoms with Gasteiger partial charge in [-0.25, -0.2) is 5.43 Å². The van der Waals surface area contributed by atoms with Gasteiger partial charge in [0.2, 0.25) is 0 Å². The largest absolute Gasteiger partial charge is 0.489 e. The first-order valence-electron chi connectivity index (χ1n) is 8.48. The number of hydrogen-bond acceptors (Lipinski definition) is 3. The lowest BCUT2D eigenvalue weighted by Crippen LogP contribution is -2.18. The van der Waals surface area contributed by atoms with E-state index >= 15 is 0 Å². The summed E-state index contributed by atoms with van der Waals surface area (Å²) in [5, 5.41) is 4.02. The Morgan fingerprint density at radius 1 is 1.04 bits per heavy atom. The number of carbonyl (C=O) groups excluding carboxylic acids is 1. The third-order valence-electron chi connectivity index (χ3n) is 3.97. The number of carbonyl (C=O) groups is 1. The Balaban J connectivity index is 1.52. The van der Waals surface area contributed by atoms with Crippen molar-refractivity contribution in [3.63, 3.8) is 0 Å². The second-order valence-corrected chi connectivity index (χ2v) is 6.91. The summed E-state index contributed by atoms with van der Waals surface area (Å²) in [6, 6.07) is 22.9. The van der Waals surface area contributed by atoms with Crippen LogP contribution in [0.1, 0.15) is 27.0 Å². The number of nitrogens with one attached hydrogen (secondary N) is 1. The molecule has 0 atom stereocenters. The average molecular weight is 423 g/mol. The molecule has 27 heavy (non-hydrogen) atoms. The molecule has 0 heterocycles. The molecule has 0 spiro atoms. The number of aryl methyl sites for hydroxylation is 1. The third kappa shape index (κ3) is 5.53. The van der Waals surface area contributed by atoms with Gasteiger partial charge in [-0.2, -0.15) is 5.10 Å². The summed E-state index contributed by atoms with van der Waals surface area (Å²) in [6.45, 7) is 2.40. The molecule has 0 aromatic heterocycles. The van der Waals surface area contributed by atoms with Crippen LogP contribution in [0.25, 0.3) is 0 Å². The molecule has 0 fully saturated rings. The Labute approximate surface area is 167 Å². The average Bonchev–Trinajstić information content (AvgIpc) is 2.69. The molecular weight excluding hydrogens is 404 g/mol. The van der Waals surface area contributed by atoms with Gasteiger partial charge in [-0.15, -0.1) is 0 Å². The summed E-state index contributed by atoms with van der Waals surface area (Å²) in [5.74, 6) is 0.554. The lowest BCUT2D eigenvalue weighted by molar-refractivity contribution is 0.0954. The van der Waals surface area contributed by atoms with Crippen LogP contribution in [-0.4, -0.2) is 12.1 Å². The number of benzene rings is 3. The van der Waals surface area contributed by atoms with Crippen molar-refractivity contribution in [3.05, 3.63) is 99.5 Å². The first-order chi connectivity index (χ1) is 13.1. The maximum atomic E-state index is 12.1. The molecule has 3 aromatic rings. The standard InChI is InChI=1S/C22H19BrN2O2/c1-16-4-2-3-5-21(16)22(26)25-24-14-17-8-12-20(13-9-17)27-15-18-6-10-19(23)11-7-18/h2-14H,15H2,1H3,(H,25,26). The molecule has 1 amide bonds. The zero-order valence-corrected chi connectivity index (χ0v) is 16.4. The third-order valence-corrected chi connectivity index (χ3v) is 4.50. The maximum Gasteiger partial charge on any atom is 0.271 e. The predicted octanol–water partition coefficient (Wildman–Crippen LogP) is 5.10. The van der Waals surface area contributed by atoms with Crippen LogP contribution in [0.2, 0.25) is 0 Å². The fourth-order valence-corrected chi connectivity index (χ4v) is 2.72. The van der Waals surface area contributed by atoms with Crippen molar-refractivity contribution in [2.24, 2.45) is 5.10 Å². The highest BCUT2D eigenvalue weighted by Gasteiger charge is 2.06. The molecular formula is C22H19BrN2O2. The lowest BCUT2D eigenvalue weighted by atomic mass is 10.1. The molecule has 0 saturated heterocycles. The van der Waals surface area contributed by atoms with Crippen LogP contribution < -0.4 is 10.2 Å². The Morgan fingerprint density at radius 2 is 1.74 bits per heavy atom. The number of hydrazone groups is 1. The van der Waals surface area contributed by atoms with Crippen molar-refractivity contribution >= 4 is 28.1 Å². The van der Waals surface area contributed by atoms with Gasteiger partial charge >= 0.3 is 0 Å². The van der Waals surface area contributed by atoms with E-state index in [1.54, 1.807) is 12.3 Å². The van der Waals surface area contributed by atoms with Gasteiger partial charge in [0.15, 0.2) is 0 Å². The normalized spacial score (nSPS) is 10.7. The summed E-state index contributed by atoms with van der Waals surface area (Å²) in [4.78, 5) is 12.1. The van der Waals surface area contributed by atoms with Crippen LogP contribution in [0.5, 0.6) is 5.75 Å². The molecule has 0 aliphatic heterocycles. The molecule has 3 rings (SSSR count). The smallest absolute Gasteiger partial charge is 0.271 e. The summed E-state index contributed by atoms with van der Waals surface area (Å²) >= 11 is 3.42. The van der Waals surface area contributed by atoms with Crippen molar-refractivity contribution in [1.82, 2.24) is 5.43 Å². The van der Waals surface area contributed by atoms with E-state index in [1.807, 2.05) is 73.7 Å². The summed E-state index contributed by atoms with van der Waals surface area (Å²) in [5.41, 5.74) is 6.05. The second kappa shape index (κ2) is 9.14. The summed E-state index contributed by atoms with van der Waals surface area (Å²) in [7, 11) is 0. The highest BCUT2D eigenvalue weighted by Crippen LogP contribution is 2.15. The van der Waals surface area contributed by atoms with E-state index in [0.717, 1.165) is 26.9 Å². The lowest BCUT2D eigenvalue weighted by Gasteiger charge is -2.06. The Hall–Kier alpha value is -2.92. The topological polar surface area (TPSA) is 50.7 Å². The zero-order valence-electron chi connectivity index (χ0n) is 14.9. The van der Waals surface area contributed by atoms with Gasteiger partial charge in [-0.1, -0.05) is 46.3 Å². The van der Waals surface area contributed by atoms with Gasteiger partial charge in [-0.05, 0) is 66.1 Å². The van der Waals surface area contributed by atoms with Gasteiger partial charge in [0.25, 0.3) is 5.91 Å². The molecule has 136 valence electrons. The minimum atomic E-state index is -0.223. The first kappa shape index (κ1) is 18.9. The zero-order chi connectivity index (χ0) is 19.1. The number of nitrogens with zero attached hydrogens (tertiary/aromatic N) is 1. The molecule has 0 radical (unpaired) electrons. The van der Waals surface area contributed by atoms with Gasteiger partial charge in [0, 0.05) is 10.0 Å². The monoisotopic (exact) mass is 422 g/mol. The van der Waals surface area contributed by atoms with Gasteiger partial charge in [0.05, 0.1) is 6.21 Å². The fraction of sp³-hybridized carbons (Fsp3) is 0.0909. The first-order valence-corrected chi connectivity index (χ1v) is 9.27. The SMILES string of the molecule is Cc1ccccc1C(=O)NN=Cc1ccc(OCc2ccc(Br)cc2)cc1. The van der Waals surface area contributed by atoms with E-state index in [9.17, 15) is 4.79 Å². The predicted molar refractivity (Wildman–Crippen MR) is 111 cm³/mol. The Kier molecular flexibility index (Phi) is 6.39. The van der Waals surface area contributed by atoms with Crippen molar-refractivity contribution in [1.29, 1.82) is 0 Å². The van der Waals surface area contributed by atoms with Crippen molar-refractivity contribution in [2.75, 3.05) is 0 Å². The van der Waals surface area contributed by atoms with E-state index in [2.05, 4.69) is 26.5 Å². The van der Waals surface area contributed by atoms with Gasteiger partial charge in [0.1, 0.15) is 12.4 Å². The molecule has 0 bridgehead atoms. The van der Waals surface area contributed by atoms with Crippen molar-refractivity contribution < 1.29 is 9.53 Å². The second-order valence-electron chi connectivity index (χ2n) is 6.00. The van der Waals surface area contributed by atoms with Crippen LogP contribution in [0.3, 0.4) is 0 Å². The highest BCUT2D eigenvalue weighted by atomic mass is 79.9. The molecule has 1 N–H and O–H groups in total. The van der Waals surface area contributed by atoms with E-state index in [0.29, 0.717) is 12.2 Å². The Morgan fingerprint density at radius 3 is 2.44 bits per heavy atom. The highest BCUT2D eigenvalue weighted by molar-refractivity contribution is 9.10. The van der Waals surface area contributed by atoms with Crippen LogP contribution >= 0.6 is 15.9 Å². The molecule has 0 saturated carbocycles. The van der Waals surface area contributed by atoms with E-state index in [1.165, 1.54) is 0 Å². The molecule has 0 unspecified atom stereocenters. The Bertz CT molecular complexity index is 935. The summed E-state index contributed by atoms with van der Waals surface area (Å²) in [6.07, 6.45) is 1.61. The number of amides is 1. The number of halogens is 1. The molecule has 3 aromatic carbocycles. The van der Waals surface area contributed by atoms with Crippen LogP contribution in [0.4, 0.5) is 0 Å². The van der Waals surface area contributed by atoms with Gasteiger partial charge < -0.3 is 4.74 Å². The van der Waals surface area contributed by atoms with E-state index in [4.69, 9.17) is 4.74 Å². The van der Waals surface area contributed by atoms with E-state index < -0.39 is 0 Å². The quantitative estimate of drug-likeness (QED) is 0.443. The van der Waals surface area contributed by atoms with E-state index in [-0.39, 0.29) is 5.91 Å². The van der Waals surface area contributed by atoms with Crippen LogP contribution in [0.15, 0.2) is 82.4 Å².